The molecular weight excluding hydrogens is 434 g/mol. The third kappa shape index (κ3) is 4.03. The van der Waals surface area contributed by atoms with Crippen molar-refractivity contribution in [3.63, 3.8) is 0 Å². The minimum atomic E-state index is -1.43. The predicted molar refractivity (Wildman–Crippen MR) is 123 cm³/mol. The van der Waals surface area contributed by atoms with Crippen LogP contribution in [0.3, 0.4) is 0 Å². The van der Waals surface area contributed by atoms with Crippen molar-refractivity contribution in [3.05, 3.63) is 71.8 Å². The van der Waals surface area contributed by atoms with Gasteiger partial charge in [-0.05, 0) is 24.0 Å². The average molecular weight is 462 g/mol. The molecule has 9 heteroatoms. The van der Waals surface area contributed by atoms with E-state index >= 15 is 0 Å². The van der Waals surface area contributed by atoms with E-state index in [0.717, 1.165) is 17.9 Å². The Morgan fingerprint density at radius 2 is 1.44 bits per heavy atom. The standard InChI is InChI=1S/C25H27N5O4/c31-21(17-28-13-15-29(16-14-28)22(32)18-11-12-18)27-30-23(33)25(26-24(30)34,19-7-3-1-4-8-19)20-9-5-2-6-10-20/h1-10,18H,11-17H2,(H,26,34)(H,27,31). The molecule has 1 saturated carbocycles. The summed E-state index contributed by atoms with van der Waals surface area (Å²) in [4.78, 5) is 55.3. The molecule has 2 aromatic rings. The van der Waals surface area contributed by atoms with Gasteiger partial charge in [0.1, 0.15) is 0 Å². The molecule has 2 N–H and O–H groups in total. The van der Waals surface area contributed by atoms with E-state index in [0.29, 0.717) is 37.3 Å². The Labute approximate surface area is 197 Å². The zero-order valence-electron chi connectivity index (χ0n) is 18.8. The molecule has 0 atom stereocenters. The molecule has 0 aromatic heterocycles. The second-order valence-corrected chi connectivity index (χ2v) is 8.96. The highest BCUT2D eigenvalue weighted by molar-refractivity contribution is 6.10. The minimum absolute atomic E-state index is 0.0339. The summed E-state index contributed by atoms with van der Waals surface area (Å²) in [6, 6.07) is 17.3. The van der Waals surface area contributed by atoms with Crippen LogP contribution in [0.5, 0.6) is 0 Å². The zero-order chi connectivity index (χ0) is 23.7. The van der Waals surface area contributed by atoms with Crippen LogP contribution < -0.4 is 10.7 Å². The number of benzene rings is 2. The monoisotopic (exact) mass is 461 g/mol. The highest BCUT2D eigenvalue weighted by atomic mass is 16.2. The number of nitrogens with zero attached hydrogens (tertiary/aromatic N) is 3. The number of piperazine rings is 1. The van der Waals surface area contributed by atoms with E-state index in [2.05, 4.69) is 10.7 Å². The molecule has 1 aliphatic carbocycles. The van der Waals surface area contributed by atoms with E-state index in [1.807, 2.05) is 21.9 Å². The van der Waals surface area contributed by atoms with Gasteiger partial charge >= 0.3 is 6.03 Å². The number of hydrogen-bond donors (Lipinski definition) is 2. The van der Waals surface area contributed by atoms with Crippen molar-refractivity contribution in [2.45, 2.75) is 18.4 Å². The number of carbonyl (C=O) groups excluding carboxylic acids is 4. The van der Waals surface area contributed by atoms with Crippen molar-refractivity contribution >= 4 is 23.8 Å². The molecular formula is C25H27N5O4. The number of rotatable bonds is 6. The lowest BCUT2D eigenvalue weighted by molar-refractivity contribution is -0.139. The van der Waals surface area contributed by atoms with E-state index in [1.54, 1.807) is 48.5 Å². The van der Waals surface area contributed by atoms with Crippen molar-refractivity contribution in [2.24, 2.45) is 5.92 Å². The Kier molecular flexibility index (Phi) is 5.79. The van der Waals surface area contributed by atoms with E-state index in [4.69, 9.17) is 0 Å². The fourth-order valence-electron chi connectivity index (χ4n) is 4.64. The molecule has 2 saturated heterocycles. The van der Waals surface area contributed by atoms with Crippen molar-refractivity contribution in [1.82, 2.24) is 25.6 Å². The fourth-order valence-corrected chi connectivity index (χ4v) is 4.64. The smallest absolute Gasteiger partial charge is 0.340 e. The van der Waals surface area contributed by atoms with Crippen LogP contribution in [-0.2, 0) is 19.9 Å². The van der Waals surface area contributed by atoms with Crippen molar-refractivity contribution in [3.8, 4) is 0 Å². The van der Waals surface area contributed by atoms with Crippen LogP contribution in [0, 0.1) is 5.92 Å². The maximum Gasteiger partial charge on any atom is 0.344 e. The number of imide groups is 1. The van der Waals surface area contributed by atoms with E-state index in [1.165, 1.54) is 0 Å². The van der Waals surface area contributed by atoms with E-state index in [-0.39, 0.29) is 18.4 Å². The van der Waals surface area contributed by atoms with Gasteiger partial charge in [0.2, 0.25) is 5.91 Å². The van der Waals surface area contributed by atoms with Crippen molar-refractivity contribution in [1.29, 1.82) is 0 Å². The Morgan fingerprint density at radius 3 is 1.97 bits per heavy atom. The SMILES string of the molecule is O=C(CN1CCN(C(=O)C2CC2)CC1)NN1C(=O)NC(c2ccccc2)(c2ccccc2)C1=O. The summed E-state index contributed by atoms with van der Waals surface area (Å²) in [5, 5.41) is 3.58. The molecule has 34 heavy (non-hydrogen) atoms. The summed E-state index contributed by atoms with van der Waals surface area (Å²) in [7, 11) is 0. The minimum Gasteiger partial charge on any atom is -0.340 e. The maximum atomic E-state index is 13.6. The van der Waals surface area contributed by atoms with Crippen LogP contribution in [0.2, 0.25) is 0 Å². The number of hydrogen-bond acceptors (Lipinski definition) is 5. The van der Waals surface area contributed by atoms with E-state index < -0.39 is 23.4 Å². The Bertz CT molecular complexity index is 1060. The van der Waals surface area contributed by atoms with Crippen LogP contribution in [0.1, 0.15) is 24.0 Å². The molecule has 5 amide bonds. The number of hydrazine groups is 1. The van der Waals surface area contributed by atoms with Crippen molar-refractivity contribution in [2.75, 3.05) is 32.7 Å². The van der Waals surface area contributed by atoms with Crippen LogP contribution in [0.25, 0.3) is 0 Å². The van der Waals surface area contributed by atoms with Gasteiger partial charge in [-0.1, -0.05) is 60.7 Å². The first-order valence-corrected chi connectivity index (χ1v) is 11.6. The molecule has 0 unspecified atom stereocenters. The van der Waals surface area contributed by atoms with Gasteiger partial charge in [-0.2, -0.15) is 5.01 Å². The fraction of sp³-hybridized carbons (Fsp3) is 0.360. The Morgan fingerprint density at radius 1 is 0.882 bits per heavy atom. The lowest BCUT2D eigenvalue weighted by Gasteiger charge is -2.34. The predicted octanol–water partition coefficient (Wildman–Crippen LogP) is 1.07. The van der Waals surface area contributed by atoms with Gasteiger partial charge in [0, 0.05) is 32.1 Å². The van der Waals surface area contributed by atoms with Crippen molar-refractivity contribution < 1.29 is 19.2 Å². The van der Waals surface area contributed by atoms with Gasteiger partial charge < -0.3 is 10.2 Å². The lowest BCUT2D eigenvalue weighted by Crippen LogP contribution is -2.54. The van der Waals surface area contributed by atoms with Crippen LogP contribution in [0.15, 0.2) is 60.7 Å². The number of carbonyl (C=O) groups is 4. The van der Waals surface area contributed by atoms with Gasteiger partial charge in [-0.25, -0.2) is 4.79 Å². The highest BCUT2D eigenvalue weighted by Crippen LogP contribution is 2.35. The molecule has 9 nitrogen and oxygen atoms in total. The van der Waals surface area contributed by atoms with Crippen LogP contribution in [0.4, 0.5) is 4.79 Å². The highest BCUT2D eigenvalue weighted by Gasteiger charge is 2.54. The summed E-state index contributed by atoms with van der Waals surface area (Å²) in [6.45, 7) is 2.34. The summed E-state index contributed by atoms with van der Waals surface area (Å²) in [5.41, 5.74) is 2.27. The second-order valence-electron chi connectivity index (χ2n) is 8.96. The molecule has 2 aliphatic heterocycles. The quantitative estimate of drug-likeness (QED) is 0.627. The van der Waals surface area contributed by atoms with Crippen LogP contribution in [-0.4, -0.2) is 71.3 Å². The first-order chi connectivity index (χ1) is 16.5. The molecule has 0 spiro atoms. The molecule has 3 aliphatic rings. The lowest BCUT2D eigenvalue weighted by atomic mass is 9.83. The summed E-state index contributed by atoms with van der Waals surface area (Å²) >= 11 is 0. The van der Waals surface area contributed by atoms with Gasteiger partial charge in [-0.3, -0.25) is 24.7 Å². The van der Waals surface area contributed by atoms with Gasteiger partial charge in [0.25, 0.3) is 11.8 Å². The summed E-state index contributed by atoms with van der Waals surface area (Å²) in [6.07, 6.45) is 1.95. The third-order valence-electron chi connectivity index (χ3n) is 6.65. The molecule has 0 radical (unpaired) electrons. The topological polar surface area (TPSA) is 102 Å². The van der Waals surface area contributed by atoms with Gasteiger partial charge in [0.15, 0.2) is 5.54 Å². The summed E-state index contributed by atoms with van der Waals surface area (Å²) in [5.74, 6) is -0.629. The summed E-state index contributed by atoms with van der Waals surface area (Å²) < 4.78 is 0. The van der Waals surface area contributed by atoms with Gasteiger partial charge in [-0.15, -0.1) is 0 Å². The molecule has 2 aromatic carbocycles. The maximum absolute atomic E-state index is 13.6. The van der Waals surface area contributed by atoms with Crippen LogP contribution >= 0.6 is 0 Å². The first kappa shape index (κ1) is 22.1. The molecule has 0 bridgehead atoms. The number of amides is 5. The average Bonchev–Trinajstić information content (AvgIpc) is 3.69. The largest absolute Gasteiger partial charge is 0.344 e. The molecule has 3 fully saturated rings. The van der Waals surface area contributed by atoms with E-state index in [9.17, 15) is 19.2 Å². The number of nitrogens with one attached hydrogen (secondary N) is 2. The number of urea groups is 1. The van der Waals surface area contributed by atoms with Gasteiger partial charge in [0.05, 0.1) is 6.54 Å². The second kappa shape index (κ2) is 8.90. The molecule has 176 valence electrons. The zero-order valence-corrected chi connectivity index (χ0v) is 18.8. The Balaban J connectivity index is 1.27. The third-order valence-corrected chi connectivity index (χ3v) is 6.65. The first-order valence-electron chi connectivity index (χ1n) is 11.6. The normalized spacial score (nSPS) is 20.2. The Hall–Kier alpha value is -3.72. The molecule has 2 heterocycles. The molecule has 5 rings (SSSR count).